The Labute approximate surface area is 61.6 Å². The lowest BCUT2D eigenvalue weighted by molar-refractivity contribution is -0.120. The van der Waals surface area contributed by atoms with Crippen molar-refractivity contribution in [3.8, 4) is 0 Å². The topological polar surface area (TPSA) is 29.5 Å². The maximum atomic E-state index is 10.9. The highest BCUT2D eigenvalue weighted by Gasteiger charge is 2.16. The number of Topliss-reactive ketones (excluding diaryl/α,β-unsaturated/α-hetero) is 1. The first-order valence-corrected chi connectivity index (χ1v) is 3.56. The number of ketones is 1. The van der Waals surface area contributed by atoms with E-state index >= 15 is 0 Å². The van der Waals surface area contributed by atoms with Gasteiger partial charge < -0.3 is 9.47 Å². The van der Waals surface area contributed by atoms with Gasteiger partial charge in [-0.2, -0.15) is 0 Å². The SMILES string of the molecule is COBN1CCCC(=O)C1. The van der Waals surface area contributed by atoms with E-state index in [2.05, 4.69) is 0 Å². The van der Waals surface area contributed by atoms with Crippen molar-refractivity contribution in [1.82, 2.24) is 4.81 Å². The third kappa shape index (κ3) is 2.12. The number of hydrogen-bond acceptors (Lipinski definition) is 3. The van der Waals surface area contributed by atoms with Gasteiger partial charge in [0.2, 0.25) is 0 Å². The summed E-state index contributed by atoms with van der Waals surface area (Å²) in [5.41, 5.74) is 0. The molecule has 0 aromatic carbocycles. The summed E-state index contributed by atoms with van der Waals surface area (Å²) in [6.45, 7) is 1.58. The van der Waals surface area contributed by atoms with Crippen molar-refractivity contribution < 1.29 is 9.45 Å². The van der Waals surface area contributed by atoms with E-state index in [1.165, 1.54) is 0 Å². The first-order chi connectivity index (χ1) is 4.83. The molecular weight excluding hydrogens is 129 g/mol. The molecule has 1 rings (SSSR count). The van der Waals surface area contributed by atoms with Crippen molar-refractivity contribution in [3.05, 3.63) is 0 Å². The number of piperidine rings is 1. The molecule has 0 N–H and O–H groups in total. The van der Waals surface area contributed by atoms with Crippen LogP contribution in [0.25, 0.3) is 0 Å². The van der Waals surface area contributed by atoms with Gasteiger partial charge in [0.1, 0.15) is 5.78 Å². The van der Waals surface area contributed by atoms with E-state index in [1.807, 2.05) is 4.81 Å². The number of nitrogens with zero attached hydrogens (tertiary/aromatic N) is 1. The molecule has 0 saturated carbocycles. The smallest absolute Gasteiger partial charge is 0.363 e. The Bertz CT molecular complexity index is 127. The molecule has 1 aliphatic heterocycles. The summed E-state index contributed by atoms with van der Waals surface area (Å²) < 4.78 is 4.90. The molecule has 0 radical (unpaired) electrons. The Kier molecular flexibility index (Phi) is 2.90. The van der Waals surface area contributed by atoms with Crippen LogP contribution in [0.1, 0.15) is 12.8 Å². The molecular formula is C6H12BNO2. The summed E-state index contributed by atoms with van der Waals surface area (Å²) in [6, 6.07) is 0. The van der Waals surface area contributed by atoms with Gasteiger partial charge in [-0.15, -0.1) is 0 Å². The van der Waals surface area contributed by atoms with E-state index in [0.717, 1.165) is 19.4 Å². The van der Waals surface area contributed by atoms with Gasteiger partial charge in [-0.25, -0.2) is 0 Å². The predicted molar refractivity (Wildman–Crippen MR) is 40.0 cm³/mol. The first-order valence-electron chi connectivity index (χ1n) is 3.56. The number of rotatable bonds is 2. The summed E-state index contributed by atoms with van der Waals surface area (Å²) in [7, 11) is 2.24. The van der Waals surface area contributed by atoms with Gasteiger partial charge in [-0.05, 0) is 13.0 Å². The molecule has 1 fully saturated rings. The standard InChI is InChI=1S/C6H12BNO2/c1-10-7-8-4-2-3-6(9)5-8/h7H,2-5H2,1H3. The highest BCUT2D eigenvalue weighted by Crippen LogP contribution is 2.03. The van der Waals surface area contributed by atoms with Crippen LogP contribution in [0.3, 0.4) is 0 Å². The molecule has 0 aromatic heterocycles. The summed E-state index contributed by atoms with van der Waals surface area (Å²) in [4.78, 5) is 12.9. The average Bonchev–Trinajstić information content (AvgIpc) is 1.88. The van der Waals surface area contributed by atoms with Crippen LogP contribution in [0.4, 0.5) is 0 Å². The molecule has 0 bridgehead atoms. The van der Waals surface area contributed by atoms with Gasteiger partial charge in [0, 0.05) is 20.1 Å². The molecule has 0 aliphatic carbocycles. The van der Waals surface area contributed by atoms with Crippen LogP contribution in [-0.4, -0.2) is 38.4 Å². The Balaban J connectivity index is 2.25. The largest absolute Gasteiger partial charge is 0.427 e. The van der Waals surface area contributed by atoms with Crippen molar-refractivity contribution in [2.75, 3.05) is 20.2 Å². The Morgan fingerprint density at radius 3 is 3.10 bits per heavy atom. The zero-order chi connectivity index (χ0) is 7.40. The summed E-state index contributed by atoms with van der Waals surface area (Å²) in [5.74, 6) is 0.336. The number of carbonyl (C=O) groups excluding carboxylic acids is 1. The lowest BCUT2D eigenvalue weighted by atomic mass is 10.0. The lowest BCUT2D eigenvalue weighted by Gasteiger charge is -2.23. The van der Waals surface area contributed by atoms with Crippen LogP contribution in [0.5, 0.6) is 0 Å². The molecule has 0 amide bonds. The summed E-state index contributed by atoms with van der Waals surface area (Å²) in [5, 5.41) is 0. The van der Waals surface area contributed by atoms with Gasteiger partial charge in [-0.1, -0.05) is 0 Å². The third-order valence-electron chi connectivity index (χ3n) is 1.64. The second-order valence-corrected chi connectivity index (χ2v) is 2.61. The fourth-order valence-electron chi connectivity index (χ4n) is 1.20. The van der Waals surface area contributed by atoms with Crippen LogP contribution >= 0.6 is 0 Å². The molecule has 1 saturated heterocycles. The van der Waals surface area contributed by atoms with E-state index in [0.29, 0.717) is 19.9 Å². The Morgan fingerprint density at radius 2 is 2.50 bits per heavy atom. The molecule has 56 valence electrons. The van der Waals surface area contributed by atoms with E-state index < -0.39 is 0 Å². The maximum Gasteiger partial charge on any atom is 0.363 e. The molecule has 0 aromatic rings. The highest BCUT2D eigenvalue weighted by atomic mass is 16.4. The zero-order valence-electron chi connectivity index (χ0n) is 6.30. The third-order valence-corrected chi connectivity index (χ3v) is 1.64. The Hall–Kier alpha value is -0.345. The average molecular weight is 141 g/mol. The zero-order valence-corrected chi connectivity index (χ0v) is 6.30. The van der Waals surface area contributed by atoms with Crippen molar-refractivity contribution in [2.24, 2.45) is 0 Å². The van der Waals surface area contributed by atoms with E-state index in [9.17, 15) is 4.79 Å². The monoisotopic (exact) mass is 141 g/mol. The minimum Gasteiger partial charge on any atom is -0.427 e. The molecule has 0 spiro atoms. The predicted octanol–water partition coefficient (Wildman–Crippen LogP) is -0.436. The van der Waals surface area contributed by atoms with Crippen LogP contribution in [0.15, 0.2) is 0 Å². The van der Waals surface area contributed by atoms with Crippen molar-refractivity contribution in [1.29, 1.82) is 0 Å². The molecule has 0 unspecified atom stereocenters. The fourth-order valence-corrected chi connectivity index (χ4v) is 1.20. The quantitative estimate of drug-likeness (QED) is 0.488. The van der Waals surface area contributed by atoms with Gasteiger partial charge in [0.05, 0.1) is 0 Å². The van der Waals surface area contributed by atoms with Crippen LogP contribution in [-0.2, 0) is 9.45 Å². The molecule has 1 aliphatic rings. The molecule has 1 heterocycles. The van der Waals surface area contributed by atoms with E-state index in [-0.39, 0.29) is 0 Å². The first kappa shape index (κ1) is 7.76. The van der Waals surface area contributed by atoms with Crippen LogP contribution in [0, 0.1) is 0 Å². The highest BCUT2D eigenvalue weighted by molar-refractivity contribution is 6.24. The van der Waals surface area contributed by atoms with Crippen molar-refractivity contribution >= 4 is 13.4 Å². The maximum absolute atomic E-state index is 10.9. The van der Waals surface area contributed by atoms with Crippen LogP contribution < -0.4 is 0 Å². The van der Waals surface area contributed by atoms with E-state index in [1.54, 1.807) is 7.11 Å². The molecule has 10 heavy (non-hydrogen) atoms. The van der Waals surface area contributed by atoms with Crippen LogP contribution in [0.2, 0.25) is 0 Å². The normalized spacial score (nSPS) is 21.1. The number of hydrogen-bond donors (Lipinski definition) is 0. The summed E-state index contributed by atoms with van der Waals surface area (Å²) >= 11 is 0. The molecule has 0 atom stereocenters. The second kappa shape index (κ2) is 3.73. The minimum atomic E-state index is 0.336. The minimum absolute atomic E-state index is 0.336. The fraction of sp³-hybridized carbons (Fsp3) is 0.833. The molecule has 4 heteroatoms. The van der Waals surface area contributed by atoms with Gasteiger partial charge >= 0.3 is 7.62 Å². The Morgan fingerprint density at radius 1 is 1.70 bits per heavy atom. The second-order valence-electron chi connectivity index (χ2n) is 2.61. The number of carbonyl (C=O) groups is 1. The van der Waals surface area contributed by atoms with Crippen molar-refractivity contribution in [2.45, 2.75) is 12.8 Å². The van der Waals surface area contributed by atoms with Crippen molar-refractivity contribution in [3.63, 3.8) is 0 Å². The van der Waals surface area contributed by atoms with Gasteiger partial charge in [-0.3, -0.25) is 4.79 Å². The summed E-state index contributed by atoms with van der Waals surface area (Å²) in [6.07, 6.45) is 1.74. The van der Waals surface area contributed by atoms with E-state index in [4.69, 9.17) is 4.65 Å². The van der Waals surface area contributed by atoms with Gasteiger partial charge in [0.15, 0.2) is 0 Å². The molecule has 3 nitrogen and oxygen atoms in total. The van der Waals surface area contributed by atoms with Gasteiger partial charge in [0.25, 0.3) is 0 Å². The lowest BCUT2D eigenvalue weighted by Crippen LogP contribution is -2.38.